The molecule has 3 nitrogen and oxygen atoms in total. The standard InChI is InChI=1S/C17H18N2O/c1-14(12-17-8-5-11-20-17)18-15-6-4-7-16(13-15)19-9-2-3-10-19/h2-11,13-14,18H,12H2,1H3. The van der Waals surface area contributed by atoms with Crippen molar-refractivity contribution >= 4 is 5.69 Å². The van der Waals surface area contributed by atoms with E-state index >= 15 is 0 Å². The van der Waals surface area contributed by atoms with Gasteiger partial charge in [-0.1, -0.05) is 6.07 Å². The van der Waals surface area contributed by atoms with Crippen molar-refractivity contribution in [3.8, 4) is 5.69 Å². The van der Waals surface area contributed by atoms with Gasteiger partial charge in [0.05, 0.1) is 6.26 Å². The summed E-state index contributed by atoms with van der Waals surface area (Å²) >= 11 is 0. The van der Waals surface area contributed by atoms with E-state index in [2.05, 4.69) is 41.1 Å². The maximum atomic E-state index is 5.38. The first-order chi connectivity index (χ1) is 9.81. The molecule has 0 aliphatic rings. The van der Waals surface area contributed by atoms with Gasteiger partial charge in [-0.2, -0.15) is 0 Å². The van der Waals surface area contributed by atoms with E-state index in [0.29, 0.717) is 6.04 Å². The van der Waals surface area contributed by atoms with Gasteiger partial charge in [-0.25, -0.2) is 0 Å². The molecule has 0 bridgehead atoms. The molecule has 0 amide bonds. The van der Waals surface area contributed by atoms with E-state index in [1.165, 1.54) is 0 Å². The van der Waals surface area contributed by atoms with E-state index in [1.807, 2.05) is 36.7 Å². The number of furan rings is 1. The molecule has 0 fully saturated rings. The first-order valence-corrected chi connectivity index (χ1v) is 6.83. The maximum absolute atomic E-state index is 5.38. The van der Waals surface area contributed by atoms with Gasteiger partial charge in [0.1, 0.15) is 5.76 Å². The number of rotatable bonds is 5. The van der Waals surface area contributed by atoms with Gasteiger partial charge in [0.2, 0.25) is 0 Å². The Labute approximate surface area is 118 Å². The van der Waals surface area contributed by atoms with E-state index in [0.717, 1.165) is 23.6 Å². The molecule has 3 aromatic rings. The third-order valence-corrected chi connectivity index (χ3v) is 3.25. The summed E-state index contributed by atoms with van der Waals surface area (Å²) in [6, 6.07) is 16.7. The Morgan fingerprint density at radius 2 is 1.95 bits per heavy atom. The van der Waals surface area contributed by atoms with Crippen molar-refractivity contribution in [2.24, 2.45) is 0 Å². The molecule has 3 rings (SSSR count). The van der Waals surface area contributed by atoms with Crippen LogP contribution in [0.25, 0.3) is 5.69 Å². The van der Waals surface area contributed by atoms with E-state index in [1.54, 1.807) is 6.26 Å². The lowest BCUT2D eigenvalue weighted by atomic mass is 10.2. The molecule has 2 aromatic heterocycles. The summed E-state index contributed by atoms with van der Waals surface area (Å²) < 4.78 is 7.48. The minimum Gasteiger partial charge on any atom is -0.469 e. The highest BCUT2D eigenvalue weighted by Gasteiger charge is 2.06. The number of anilines is 1. The summed E-state index contributed by atoms with van der Waals surface area (Å²) in [7, 11) is 0. The fourth-order valence-electron chi connectivity index (χ4n) is 2.33. The van der Waals surface area contributed by atoms with Crippen LogP contribution in [0, 0.1) is 0 Å². The largest absolute Gasteiger partial charge is 0.469 e. The summed E-state index contributed by atoms with van der Waals surface area (Å²) in [6.07, 6.45) is 6.69. The summed E-state index contributed by atoms with van der Waals surface area (Å²) in [5, 5.41) is 3.51. The second kappa shape index (κ2) is 5.70. The molecule has 1 atom stereocenters. The fourth-order valence-corrected chi connectivity index (χ4v) is 2.33. The van der Waals surface area contributed by atoms with Gasteiger partial charge in [-0.05, 0) is 49.4 Å². The van der Waals surface area contributed by atoms with Crippen LogP contribution >= 0.6 is 0 Å². The molecule has 20 heavy (non-hydrogen) atoms. The molecule has 0 aliphatic carbocycles. The Morgan fingerprint density at radius 1 is 1.10 bits per heavy atom. The van der Waals surface area contributed by atoms with E-state index in [-0.39, 0.29) is 0 Å². The first-order valence-electron chi connectivity index (χ1n) is 6.83. The van der Waals surface area contributed by atoms with E-state index in [9.17, 15) is 0 Å². The molecule has 0 spiro atoms. The lowest BCUT2D eigenvalue weighted by Crippen LogP contribution is -2.17. The van der Waals surface area contributed by atoms with Crippen LogP contribution in [0.4, 0.5) is 5.69 Å². The lowest BCUT2D eigenvalue weighted by molar-refractivity contribution is 0.498. The third kappa shape index (κ3) is 2.94. The van der Waals surface area contributed by atoms with Crippen molar-refractivity contribution in [3.05, 3.63) is 72.9 Å². The fraction of sp³-hybridized carbons (Fsp3) is 0.176. The quantitative estimate of drug-likeness (QED) is 0.753. The van der Waals surface area contributed by atoms with Crippen molar-refractivity contribution in [1.29, 1.82) is 0 Å². The molecular formula is C17H18N2O. The van der Waals surface area contributed by atoms with Crippen molar-refractivity contribution in [1.82, 2.24) is 4.57 Å². The van der Waals surface area contributed by atoms with Crippen LogP contribution in [0.1, 0.15) is 12.7 Å². The van der Waals surface area contributed by atoms with Crippen LogP contribution in [0.2, 0.25) is 0 Å². The highest BCUT2D eigenvalue weighted by molar-refractivity contribution is 5.51. The zero-order chi connectivity index (χ0) is 13.8. The first kappa shape index (κ1) is 12.6. The van der Waals surface area contributed by atoms with Crippen LogP contribution < -0.4 is 5.32 Å². The van der Waals surface area contributed by atoms with Crippen LogP contribution in [0.3, 0.4) is 0 Å². The van der Waals surface area contributed by atoms with Gasteiger partial charge in [-0.15, -0.1) is 0 Å². The van der Waals surface area contributed by atoms with Gasteiger partial charge in [-0.3, -0.25) is 0 Å². The topological polar surface area (TPSA) is 30.1 Å². The predicted octanol–water partition coefficient (Wildman–Crippen LogP) is 4.11. The summed E-state index contributed by atoms with van der Waals surface area (Å²) in [5.41, 5.74) is 2.28. The maximum Gasteiger partial charge on any atom is 0.105 e. The minimum atomic E-state index is 0.320. The number of aromatic nitrogens is 1. The molecule has 3 heteroatoms. The number of benzene rings is 1. The highest BCUT2D eigenvalue weighted by atomic mass is 16.3. The Bertz CT molecular complexity index is 641. The lowest BCUT2D eigenvalue weighted by Gasteiger charge is -2.15. The molecule has 0 saturated heterocycles. The molecule has 0 aliphatic heterocycles. The van der Waals surface area contributed by atoms with Gasteiger partial charge >= 0.3 is 0 Å². The zero-order valence-corrected chi connectivity index (χ0v) is 11.5. The van der Waals surface area contributed by atoms with Gasteiger partial charge in [0.25, 0.3) is 0 Å². The molecular weight excluding hydrogens is 248 g/mol. The van der Waals surface area contributed by atoms with Gasteiger partial charge in [0.15, 0.2) is 0 Å². The third-order valence-electron chi connectivity index (χ3n) is 3.25. The number of nitrogens with zero attached hydrogens (tertiary/aromatic N) is 1. The predicted molar refractivity (Wildman–Crippen MR) is 81.3 cm³/mol. The molecule has 2 heterocycles. The number of hydrogen-bond acceptors (Lipinski definition) is 2. The minimum absolute atomic E-state index is 0.320. The molecule has 1 N–H and O–H groups in total. The number of hydrogen-bond donors (Lipinski definition) is 1. The SMILES string of the molecule is CC(Cc1ccco1)Nc1cccc(-n2cccc2)c1. The molecule has 0 radical (unpaired) electrons. The second-order valence-corrected chi connectivity index (χ2v) is 4.97. The summed E-state index contributed by atoms with van der Waals surface area (Å²) in [5.74, 6) is 1.01. The van der Waals surface area contributed by atoms with Crippen LogP contribution in [-0.4, -0.2) is 10.6 Å². The van der Waals surface area contributed by atoms with Gasteiger partial charge in [0, 0.05) is 36.2 Å². The Balaban J connectivity index is 1.70. The molecule has 1 unspecified atom stereocenters. The average molecular weight is 266 g/mol. The van der Waals surface area contributed by atoms with Crippen molar-refractivity contribution in [2.45, 2.75) is 19.4 Å². The Kier molecular flexibility index (Phi) is 3.59. The monoisotopic (exact) mass is 266 g/mol. The van der Waals surface area contributed by atoms with E-state index < -0.39 is 0 Å². The highest BCUT2D eigenvalue weighted by Crippen LogP contribution is 2.16. The van der Waals surface area contributed by atoms with Gasteiger partial charge < -0.3 is 14.3 Å². The second-order valence-electron chi connectivity index (χ2n) is 4.97. The number of nitrogens with one attached hydrogen (secondary N) is 1. The average Bonchev–Trinajstić information content (AvgIpc) is 3.11. The van der Waals surface area contributed by atoms with Crippen LogP contribution in [0.5, 0.6) is 0 Å². The zero-order valence-electron chi connectivity index (χ0n) is 11.5. The summed E-state index contributed by atoms with van der Waals surface area (Å²) in [6.45, 7) is 2.16. The summed E-state index contributed by atoms with van der Waals surface area (Å²) in [4.78, 5) is 0. The van der Waals surface area contributed by atoms with Crippen molar-refractivity contribution in [3.63, 3.8) is 0 Å². The molecule has 0 saturated carbocycles. The van der Waals surface area contributed by atoms with E-state index in [4.69, 9.17) is 4.42 Å². The Hall–Kier alpha value is -2.42. The van der Waals surface area contributed by atoms with Crippen molar-refractivity contribution < 1.29 is 4.42 Å². The smallest absolute Gasteiger partial charge is 0.105 e. The van der Waals surface area contributed by atoms with Crippen molar-refractivity contribution in [2.75, 3.05) is 5.32 Å². The Morgan fingerprint density at radius 3 is 2.70 bits per heavy atom. The molecule has 1 aromatic carbocycles. The van der Waals surface area contributed by atoms with Crippen LogP contribution in [-0.2, 0) is 6.42 Å². The normalized spacial score (nSPS) is 12.2. The molecule has 102 valence electrons. The van der Waals surface area contributed by atoms with Crippen LogP contribution in [0.15, 0.2) is 71.6 Å².